The maximum atomic E-state index is 6.96. The third-order valence-corrected chi connectivity index (χ3v) is 12.7. The first kappa shape index (κ1) is 36.1. The van der Waals surface area contributed by atoms with Gasteiger partial charge < -0.3 is 13.6 Å². The summed E-state index contributed by atoms with van der Waals surface area (Å²) in [5.41, 5.74) is 12.7. The molecule has 6 aromatic carbocycles. The van der Waals surface area contributed by atoms with Crippen molar-refractivity contribution in [1.29, 1.82) is 0 Å². The van der Waals surface area contributed by atoms with Crippen LogP contribution in [0.15, 0.2) is 186 Å². The van der Waals surface area contributed by atoms with E-state index in [-0.39, 0.29) is 12.0 Å². The van der Waals surface area contributed by atoms with Crippen LogP contribution in [0.4, 0.5) is 0 Å². The lowest BCUT2D eigenvalue weighted by molar-refractivity contribution is 0.615. The van der Waals surface area contributed by atoms with Crippen molar-refractivity contribution >= 4 is 62.0 Å². The molecule has 0 amide bonds. The lowest BCUT2D eigenvalue weighted by Crippen LogP contribution is -2.33. The SMILES string of the molecule is C/C=C\C=C/C1C=Cc2c(n(C3C=c4c(n(-c5ccccc5)c5ccccc45)=CC3)c3c(-c4cc(-c5ccccc5)nc(-c5ccccc5)n4)cc4c5ccccc5oc4c23)C1. The van der Waals surface area contributed by atoms with Crippen LogP contribution in [0.1, 0.15) is 30.6 Å². The predicted molar refractivity (Wildman–Crippen MR) is 256 cm³/mol. The molecule has 5 nitrogen and oxygen atoms in total. The number of allylic oxidation sites excluding steroid dienone is 5. The van der Waals surface area contributed by atoms with Gasteiger partial charge in [-0.2, -0.15) is 0 Å². The molecule has 10 aromatic rings. The van der Waals surface area contributed by atoms with E-state index >= 15 is 0 Å². The second-order valence-corrected chi connectivity index (χ2v) is 16.3. The fourth-order valence-electron chi connectivity index (χ4n) is 9.92. The number of aromatic nitrogens is 4. The molecule has 2 aliphatic carbocycles. The van der Waals surface area contributed by atoms with E-state index in [1.165, 1.54) is 38.4 Å². The Labute approximate surface area is 359 Å². The van der Waals surface area contributed by atoms with E-state index in [4.69, 9.17) is 14.4 Å². The van der Waals surface area contributed by atoms with Crippen molar-refractivity contribution in [3.8, 4) is 39.6 Å². The summed E-state index contributed by atoms with van der Waals surface area (Å²) in [4.78, 5) is 10.7. The maximum Gasteiger partial charge on any atom is 0.160 e. The molecule has 2 atom stereocenters. The third kappa shape index (κ3) is 5.84. The van der Waals surface area contributed by atoms with Gasteiger partial charge in [0.05, 0.1) is 33.8 Å². The van der Waals surface area contributed by atoms with Gasteiger partial charge in [0, 0.05) is 66.3 Å². The van der Waals surface area contributed by atoms with Crippen molar-refractivity contribution in [1.82, 2.24) is 19.1 Å². The normalized spacial score (nSPS) is 16.1. The van der Waals surface area contributed by atoms with Gasteiger partial charge in [0.15, 0.2) is 5.82 Å². The maximum absolute atomic E-state index is 6.96. The van der Waals surface area contributed by atoms with Gasteiger partial charge in [0.1, 0.15) is 11.2 Å². The van der Waals surface area contributed by atoms with Crippen LogP contribution in [0.5, 0.6) is 0 Å². The summed E-state index contributed by atoms with van der Waals surface area (Å²) >= 11 is 0. The van der Waals surface area contributed by atoms with Gasteiger partial charge in [-0.15, -0.1) is 0 Å². The molecule has 0 fully saturated rings. The monoisotopic (exact) mass is 798 g/mol. The molecule has 0 saturated carbocycles. The minimum atomic E-state index is 0.0139. The summed E-state index contributed by atoms with van der Waals surface area (Å²) < 4.78 is 12.0. The molecule has 4 heterocycles. The third-order valence-electron chi connectivity index (χ3n) is 12.7. The lowest BCUT2D eigenvalue weighted by Gasteiger charge is -2.24. The Balaban J connectivity index is 1.20. The van der Waals surface area contributed by atoms with Crippen LogP contribution >= 0.6 is 0 Å². The quantitative estimate of drug-likeness (QED) is 0.151. The molecule has 0 N–H and O–H groups in total. The number of furan rings is 1. The molecular weight excluding hydrogens is 757 g/mol. The highest BCUT2D eigenvalue weighted by atomic mass is 16.3. The van der Waals surface area contributed by atoms with Gasteiger partial charge in [-0.3, -0.25) is 0 Å². The fraction of sp³-hybridized carbons (Fsp3) is 0.0877. The average Bonchev–Trinajstić information content (AvgIpc) is 3.99. The van der Waals surface area contributed by atoms with Gasteiger partial charge in [-0.25, -0.2) is 9.97 Å². The van der Waals surface area contributed by atoms with Gasteiger partial charge in [0.25, 0.3) is 0 Å². The first-order valence-corrected chi connectivity index (χ1v) is 21.6. The van der Waals surface area contributed by atoms with E-state index in [9.17, 15) is 0 Å². The van der Waals surface area contributed by atoms with Crippen LogP contribution < -0.4 is 10.6 Å². The Bertz CT molecular complexity index is 3530. The van der Waals surface area contributed by atoms with Crippen molar-refractivity contribution in [3.05, 3.63) is 204 Å². The van der Waals surface area contributed by atoms with Crippen molar-refractivity contribution in [2.24, 2.45) is 5.92 Å². The molecule has 2 aliphatic rings. The van der Waals surface area contributed by atoms with Crippen LogP contribution in [0.2, 0.25) is 0 Å². The first-order chi connectivity index (χ1) is 30.7. The smallest absolute Gasteiger partial charge is 0.160 e. The zero-order chi connectivity index (χ0) is 41.1. The number of hydrogen-bond acceptors (Lipinski definition) is 3. The minimum absolute atomic E-state index is 0.0139. The molecule has 0 spiro atoms. The van der Waals surface area contributed by atoms with Crippen molar-refractivity contribution in [2.75, 3.05) is 0 Å². The van der Waals surface area contributed by atoms with E-state index < -0.39 is 0 Å². The molecule has 5 heteroatoms. The zero-order valence-electron chi connectivity index (χ0n) is 34.3. The number of rotatable bonds is 7. The summed E-state index contributed by atoms with van der Waals surface area (Å²) in [7, 11) is 0. The largest absolute Gasteiger partial charge is 0.455 e. The molecule has 296 valence electrons. The summed E-state index contributed by atoms with van der Waals surface area (Å²) in [5.74, 6) is 0.924. The molecule has 0 bridgehead atoms. The molecule has 2 unspecified atom stereocenters. The molecule has 12 rings (SSSR count). The second kappa shape index (κ2) is 14.8. The van der Waals surface area contributed by atoms with Gasteiger partial charge >= 0.3 is 0 Å². The summed E-state index contributed by atoms with van der Waals surface area (Å²) in [6, 6.07) is 53.3. The first-order valence-electron chi connectivity index (χ1n) is 21.6. The summed E-state index contributed by atoms with van der Waals surface area (Å²) in [6.45, 7) is 2.06. The number of fused-ring (bicyclic) bond motifs is 10. The lowest BCUT2D eigenvalue weighted by atomic mass is 9.91. The standard InChI is InChI=1S/C57H42N4O/c1-2-3-7-18-37-29-31-44-52(33-37)61(41-30-32-51-45(34-41)42-25-14-16-27-50(42)60(51)40-23-12-6-13-24-40)55-47(35-46-43-26-15-17-28-53(43)62-56(46)54(44)55)49-36-48(38-19-8-4-9-20-38)58-57(59-49)39-21-10-5-11-22-39/h2-29,31-32,34-37,41H,30,33H2,1H3/b3-2-,18-7-. The van der Waals surface area contributed by atoms with Crippen LogP contribution in [0, 0.1) is 5.92 Å². The van der Waals surface area contributed by atoms with Crippen LogP contribution in [0.25, 0.3) is 102 Å². The topological polar surface area (TPSA) is 48.8 Å². The summed E-state index contributed by atoms with van der Waals surface area (Å²) in [6.07, 6.45) is 20.1. The predicted octanol–water partition coefficient (Wildman–Crippen LogP) is 12.8. The Kier molecular flexibility index (Phi) is 8.60. The van der Waals surface area contributed by atoms with E-state index in [2.05, 4.69) is 210 Å². The molecule has 0 radical (unpaired) electrons. The highest BCUT2D eigenvalue weighted by Crippen LogP contribution is 2.47. The number of benzene rings is 6. The van der Waals surface area contributed by atoms with E-state index in [0.29, 0.717) is 5.82 Å². The number of nitrogens with zero attached hydrogens (tertiary/aromatic N) is 4. The van der Waals surface area contributed by atoms with Crippen LogP contribution in [0.3, 0.4) is 0 Å². The molecule has 0 saturated heterocycles. The highest BCUT2D eigenvalue weighted by molar-refractivity contribution is 6.21. The molecule has 0 aliphatic heterocycles. The number of hydrogen-bond donors (Lipinski definition) is 0. The minimum Gasteiger partial charge on any atom is -0.455 e. The second-order valence-electron chi connectivity index (χ2n) is 16.3. The van der Waals surface area contributed by atoms with Crippen LogP contribution in [-0.2, 0) is 6.42 Å². The molecule has 4 aromatic heterocycles. The van der Waals surface area contributed by atoms with Crippen molar-refractivity contribution in [3.63, 3.8) is 0 Å². The molecule has 62 heavy (non-hydrogen) atoms. The van der Waals surface area contributed by atoms with Crippen molar-refractivity contribution in [2.45, 2.75) is 25.8 Å². The Morgan fingerprint density at radius 3 is 2.21 bits per heavy atom. The number of para-hydroxylation sites is 3. The van der Waals surface area contributed by atoms with Crippen LogP contribution in [-0.4, -0.2) is 19.1 Å². The highest BCUT2D eigenvalue weighted by Gasteiger charge is 2.31. The zero-order valence-corrected chi connectivity index (χ0v) is 34.3. The van der Waals surface area contributed by atoms with E-state index in [1.54, 1.807) is 0 Å². The Morgan fingerprint density at radius 1 is 0.694 bits per heavy atom. The average molecular weight is 799 g/mol. The Morgan fingerprint density at radius 2 is 1.40 bits per heavy atom. The van der Waals surface area contributed by atoms with Gasteiger partial charge in [-0.05, 0) is 56.2 Å². The Hall–Kier alpha value is -7.76. The van der Waals surface area contributed by atoms with Gasteiger partial charge in [-0.1, -0.05) is 164 Å². The fourth-order valence-corrected chi connectivity index (χ4v) is 9.92. The van der Waals surface area contributed by atoms with Gasteiger partial charge in [0.2, 0.25) is 0 Å². The van der Waals surface area contributed by atoms with Crippen molar-refractivity contribution < 1.29 is 4.42 Å². The van der Waals surface area contributed by atoms with E-state index in [1.807, 2.05) is 6.07 Å². The van der Waals surface area contributed by atoms with E-state index in [0.717, 1.165) is 73.8 Å². The molecular formula is C57H42N4O. The summed E-state index contributed by atoms with van der Waals surface area (Å²) in [5, 5.41) is 7.05.